The molecule has 0 bridgehead atoms. The molecular weight excluding hydrogens is 265 g/mol. The summed E-state index contributed by atoms with van der Waals surface area (Å²) in [6.07, 6.45) is -4.92. The summed E-state index contributed by atoms with van der Waals surface area (Å²) in [6.45, 7) is 3.05. The van der Waals surface area contributed by atoms with Gasteiger partial charge in [-0.2, -0.15) is 0 Å². The SMILES string of the molecule is CCOC(=O)c1nc(CN)c(C)cc1OC(F)(F)F. The molecule has 8 heteroatoms. The van der Waals surface area contributed by atoms with E-state index in [-0.39, 0.29) is 13.2 Å². The predicted octanol–water partition coefficient (Wildman–Crippen LogP) is 1.92. The third kappa shape index (κ3) is 4.09. The maximum absolute atomic E-state index is 12.3. The molecule has 106 valence electrons. The number of carbonyl (C=O) groups excluding carboxylic acids is 1. The summed E-state index contributed by atoms with van der Waals surface area (Å²) in [4.78, 5) is 15.3. The van der Waals surface area contributed by atoms with Gasteiger partial charge in [-0.15, -0.1) is 13.2 Å². The fourth-order valence-electron chi connectivity index (χ4n) is 1.38. The molecule has 0 fully saturated rings. The molecule has 0 aromatic carbocycles. The van der Waals surface area contributed by atoms with E-state index in [2.05, 4.69) is 14.5 Å². The summed E-state index contributed by atoms with van der Waals surface area (Å²) in [7, 11) is 0. The van der Waals surface area contributed by atoms with Gasteiger partial charge in [0.2, 0.25) is 0 Å². The molecule has 0 aliphatic rings. The van der Waals surface area contributed by atoms with Crippen LogP contribution in [0.1, 0.15) is 28.7 Å². The van der Waals surface area contributed by atoms with E-state index in [0.717, 1.165) is 6.07 Å². The van der Waals surface area contributed by atoms with Gasteiger partial charge in [0.1, 0.15) is 0 Å². The van der Waals surface area contributed by atoms with Crippen LogP contribution in [0.2, 0.25) is 0 Å². The molecular formula is C11H13F3N2O3. The van der Waals surface area contributed by atoms with E-state index in [1.165, 1.54) is 13.8 Å². The fourth-order valence-corrected chi connectivity index (χ4v) is 1.38. The van der Waals surface area contributed by atoms with Gasteiger partial charge < -0.3 is 15.2 Å². The van der Waals surface area contributed by atoms with Crippen molar-refractivity contribution in [2.24, 2.45) is 5.73 Å². The minimum Gasteiger partial charge on any atom is -0.461 e. The van der Waals surface area contributed by atoms with Crippen LogP contribution in [0.4, 0.5) is 13.2 Å². The van der Waals surface area contributed by atoms with E-state index in [0.29, 0.717) is 11.3 Å². The number of esters is 1. The fraction of sp³-hybridized carbons (Fsp3) is 0.455. The number of pyridine rings is 1. The number of hydrogen-bond donors (Lipinski definition) is 1. The molecule has 0 amide bonds. The molecule has 0 aliphatic heterocycles. The Bertz CT molecular complexity index is 475. The minimum atomic E-state index is -4.92. The highest BCUT2D eigenvalue weighted by molar-refractivity contribution is 5.90. The average Bonchev–Trinajstić information content (AvgIpc) is 2.27. The first kappa shape index (κ1) is 15.2. The van der Waals surface area contributed by atoms with E-state index >= 15 is 0 Å². The Morgan fingerprint density at radius 3 is 2.58 bits per heavy atom. The number of hydrogen-bond acceptors (Lipinski definition) is 5. The van der Waals surface area contributed by atoms with Crippen molar-refractivity contribution in [1.82, 2.24) is 4.98 Å². The lowest BCUT2D eigenvalue weighted by Gasteiger charge is -2.14. The van der Waals surface area contributed by atoms with Crippen molar-refractivity contribution in [2.45, 2.75) is 26.8 Å². The van der Waals surface area contributed by atoms with Gasteiger partial charge in [0, 0.05) is 6.54 Å². The van der Waals surface area contributed by atoms with Crippen LogP contribution >= 0.6 is 0 Å². The van der Waals surface area contributed by atoms with Gasteiger partial charge in [0.05, 0.1) is 12.3 Å². The summed E-state index contributed by atoms with van der Waals surface area (Å²) in [5.74, 6) is -1.68. The number of aryl methyl sites for hydroxylation is 1. The van der Waals surface area contributed by atoms with Crippen molar-refractivity contribution in [3.63, 3.8) is 0 Å². The van der Waals surface area contributed by atoms with Crippen molar-refractivity contribution in [3.8, 4) is 5.75 Å². The monoisotopic (exact) mass is 278 g/mol. The second kappa shape index (κ2) is 5.87. The van der Waals surface area contributed by atoms with Crippen LogP contribution in [-0.4, -0.2) is 23.9 Å². The van der Waals surface area contributed by atoms with Crippen LogP contribution in [0.3, 0.4) is 0 Å². The molecule has 1 rings (SSSR count). The summed E-state index contributed by atoms with van der Waals surface area (Å²) >= 11 is 0. The molecule has 0 spiro atoms. The first-order valence-corrected chi connectivity index (χ1v) is 5.42. The van der Waals surface area contributed by atoms with Crippen LogP contribution in [0.5, 0.6) is 5.75 Å². The summed E-state index contributed by atoms with van der Waals surface area (Å²) in [5.41, 5.74) is 5.56. The smallest absolute Gasteiger partial charge is 0.461 e. The second-order valence-corrected chi connectivity index (χ2v) is 3.57. The Hall–Kier alpha value is -1.83. The third-order valence-corrected chi connectivity index (χ3v) is 2.17. The number of aromatic nitrogens is 1. The Balaban J connectivity index is 3.26. The van der Waals surface area contributed by atoms with Crippen LogP contribution < -0.4 is 10.5 Å². The predicted molar refractivity (Wildman–Crippen MR) is 59.5 cm³/mol. The molecule has 0 aliphatic carbocycles. The molecule has 0 saturated carbocycles. The van der Waals surface area contributed by atoms with Gasteiger partial charge in [-0.3, -0.25) is 0 Å². The molecule has 0 atom stereocenters. The highest BCUT2D eigenvalue weighted by Crippen LogP contribution is 2.27. The number of rotatable bonds is 4. The summed E-state index contributed by atoms with van der Waals surface area (Å²) in [6, 6.07) is 1.06. The van der Waals surface area contributed by atoms with Gasteiger partial charge >= 0.3 is 12.3 Å². The maximum atomic E-state index is 12.3. The zero-order valence-electron chi connectivity index (χ0n) is 10.4. The minimum absolute atomic E-state index is 0.00939. The van der Waals surface area contributed by atoms with Crippen molar-refractivity contribution in [2.75, 3.05) is 6.61 Å². The molecule has 1 heterocycles. The molecule has 19 heavy (non-hydrogen) atoms. The van der Waals surface area contributed by atoms with E-state index in [1.54, 1.807) is 0 Å². The van der Waals surface area contributed by atoms with Crippen molar-refractivity contribution in [3.05, 3.63) is 23.0 Å². The molecule has 1 aromatic heterocycles. The Kier molecular flexibility index (Phi) is 4.71. The molecule has 2 N–H and O–H groups in total. The van der Waals surface area contributed by atoms with Crippen LogP contribution in [-0.2, 0) is 11.3 Å². The zero-order valence-corrected chi connectivity index (χ0v) is 10.4. The van der Waals surface area contributed by atoms with Crippen LogP contribution in [0.25, 0.3) is 0 Å². The summed E-state index contributed by atoms with van der Waals surface area (Å²) < 4.78 is 45.2. The molecule has 5 nitrogen and oxygen atoms in total. The second-order valence-electron chi connectivity index (χ2n) is 3.57. The van der Waals surface area contributed by atoms with Gasteiger partial charge in [-0.05, 0) is 25.5 Å². The van der Waals surface area contributed by atoms with Crippen LogP contribution in [0, 0.1) is 6.92 Å². The molecule has 0 radical (unpaired) electrons. The first-order valence-electron chi connectivity index (χ1n) is 5.42. The Morgan fingerprint density at radius 2 is 2.11 bits per heavy atom. The lowest BCUT2D eigenvalue weighted by molar-refractivity contribution is -0.274. The van der Waals surface area contributed by atoms with Crippen LogP contribution in [0.15, 0.2) is 6.07 Å². The van der Waals surface area contributed by atoms with Gasteiger partial charge in [-0.25, -0.2) is 9.78 Å². The average molecular weight is 278 g/mol. The van der Waals surface area contributed by atoms with Crippen molar-refractivity contribution in [1.29, 1.82) is 0 Å². The quantitative estimate of drug-likeness (QED) is 0.852. The highest BCUT2D eigenvalue weighted by atomic mass is 19.4. The molecule has 0 unspecified atom stereocenters. The number of alkyl halides is 3. The Labute approximate surface area is 107 Å². The number of carbonyl (C=O) groups is 1. The number of halogens is 3. The van der Waals surface area contributed by atoms with Gasteiger partial charge in [0.25, 0.3) is 0 Å². The zero-order chi connectivity index (χ0) is 14.6. The van der Waals surface area contributed by atoms with E-state index in [1.807, 2.05) is 0 Å². The Morgan fingerprint density at radius 1 is 1.47 bits per heavy atom. The lowest BCUT2D eigenvalue weighted by atomic mass is 10.2. The van der Waals surface area contributed by atoms with E-state index < -0.39 is 23.8 Å². The largest absolute Gasteiger partial charge is 0.573 e. The lowest BCUT2D eigenvalue weighted by Crippen LogP contribution is -2.21. The standard InChI is InChI=1S/C11H13F3N2O3/c1-3-18-10(17)9-8(19-11(12,13)14)4-6(2)7(5-15)16-9/h4H,3,5,15H2,1-2H3. The number of nitrogens with two attached hydrogens (primary N) is 1. The first-order chi connectivity index (χ1) is 8.78. The molecule has 0 saturated heterocycles. The van der Waals surface area contributed by atoms with Crippen molar-refractivity contribution >= 4 is 5.97 Å². The van der Waals surface area contributed by atoms with Gasteiger partial charge in [-0.1, -0.05) is 0 Å². The molecule has 1 aromatic rings. The maximum Gasteiger partial charge on any atom is 0.573 e. The number of ether oxygens (including phenoxy) is 2. The third-order valence-electron chi connectivity index (χ3n) is 2.17. The summed E-state index contributed by atoms with van der Waals surface area (Å²) in [5, 5.41) is 0. The van der Waals surface area contributed by atoms with E-state index in [4.69, 9.17) is 5.73 Å². The van der Waals surface area contributed by atoms with Crippen molar-refractivity contribution < 1.29 is 27.4 Å². The normalized spacial score (nSPS) is 11.3. The number of nitrogens with zero attached hydrogens (tertiary/aromatic N) is 1. The topological polar surface area (TPSA) is 74.4 Å². The van der Waals surface area contributed by atoms with E-state index in [9.17, 15) is 18.0 Å². The van der Waals surface area contributed by atoms with Gasteiger partial charge in [0.15, 0.2) is 11.4 Å². The highest BCUT2D eigenvalue weighted by Gasteiger charge is 2.34.